The van der Waals surface area contributed by atoms with Crippen molar-refractivity contribution in [3.63, 3.8) is 0 Å². The molecular weight excluding hydrogens is 436 g/mol. The first kappa shape index (κ1) is 22.9. The van der Waals surface area contributed by atoms with Gasteiger partial charge in [0, 0.05) is 30.3 Å². The fourth-order valence-corrected chi connectivity index (χ4v) is 4.99. The highest BCUT2D eigenvalue weighted by Crippen LogP contribution is 2.37. The molecule has 1 spiro atoms. The van der Waals surface area contributed by atoms with Crippen LogP contribution in [0.5, 0.6) is 0 Å². The first-order valence-corrected chi connectivity index (χ1v) is 11.8. The molecule has 7 nitrogen and oxygen atoms in total. The molecule has 1 heterocycles. The summed E-state index contributed by atoms with van der Waals surface area (Å²) in [5, 5.41) is 15.9. The Labute approximate surface area is 200 Å². The fourth-order valence-electron chi connectivity index (χ4n) is 4.87. The van der Waals surface area contributed by atoms with Crippen LogP contribution in [0.4, 0.5) is 16.2 Å². The Balaban J connectivity index is 1.58. The molecule has 2 amide bonds. The summed E-state index contributed by atoms with van der Waals surface area (Å²) in [5.41, 5.74) is 2.31. The second-order valence-corrected chi connectivity index (χ2v) is 9.19. The van der Waals surface area contributed by atoms with E-state index >= 15 is 0 Å². The zero-order chi connectivity index (χ0) is 23.3. The Kier molecular flexibility index (Phi) is 7.05. The maximum Gasteiger partial charge on any atom is 0.322 e. The number of para-hydroxylation sites is 1. The number of anilines is 1. The summed E-state index contributed by atoms with van der Waals surface area (Å²) < 4.78 is 0. The SMILES string of the molecule is Cc1ccccc1N=C(NC#N)N1CCN(C(=O)Nc2ccc(Cl)cc2)C2(CCCCC2)C1. The number of benzene rings is 2. The summed E-state index contributed by atoms with van der Waals surface area (Å²) >= 11 is 5.98. The summed E-state index contributed by atoms with van der Waals surface area (Å²) in [6.07, 6.45) is 7.24. The first-order valence-electron chi connectivity index (χ1n) is 11.4. The molecule has 33 heavy (non-hydrogen) atoms. The van der Waals surface area contributed by atoms with Gasteiger partial charge in [-0.05, 0) is 55.7 Å². The molecule has 172 valence electrons. The number of guanidine groups is 1. The van der Waals surface area contributed by atoms with Crippen LogP contribution in [0.2, 0.25) is 5.02 Å². The highest BCUT2D eigenvalue weighted by atomic mass is 35.5. The molecule has 1 aliphatic carbocycles. The second-order valence-electron chi connectivity index (χ2n) is 8.75. The Hall–Kier alpha value is -3.24. The summed E-state index contributed by atoms with van der Waals surface area (Å²) in [6.45, 7) is 3.79. The second kappa shape index (κ2) is 10.1. The number of nitriles is 1. The van der Waals surface area contributed by atoms with Gasteiger partial charge in [0.1, 0.15) is 0 Å². The molecule has 0 unspecified atom stereocenters. The molecule has 2 fully saturated rings. The van der Waals surface area contributed by atoms with Gasteiger partial charge in [0.2, 0.25) is 5.96 Å². The largest absolute Gasteiger partial charge is 0.338 e. The van der Waals surface area contributed by atoms with E-state index in [1.807, 2.05) is 54.4 Å². The number of piperazine rings is 1. The predicted octanol–water partition coefficient (Wildman–Crippen LogP) is 5.26. The first-order chi connectivity index (χ1) is 16.0. The number of carbonyl (C=O) groups is 1. The van der Waals surface area contributed by atoms with Gasteiger partial charge in [-0.2, -0.15) is 5.26 Å². The number of nitrogens with one attached hydrogen (secondary N) is 2. The van der Waals surface area contributed by atoms with Crippen molar-refractivity contribution in [1.29, 1.82) is 5.26 Å². The van der Waals surface area contributed by atoms with E-state index in [0.29, 0.717) is 30.6 Å². The van der Waals surface area contributed by atoms with Gasteiger partial charge >= 0.3 is 6.03 Å². The monoisotopic (exact) mass is 464 g/mol. The van der Waals surface area contributed by atoms with Crippen molar-refractivity contribution in [3.05, 3.63) is 59.1 Å². The van der Waals surface area contributed by atoms with Crippen molar-refractivity contribution < 1.29 is 4.79 Å². The van der Waals surface area contributed by atoms with Gasteiger partial charge in [-0.25, -0.2) is 9.79 Å². The predicted molar refractivity (Wildman–Crippen MR) is 132 cm³/mol. The average molecular weight is 465 g/mol. The van der Waals surface area contributed by atoms with Crippen molar-refractivity contribution in [2.45, 2.75) is 44.6 Å². The minimum atomic E-state index is -0.295. The molecule has 0 bridgehead atoms. The molecule has 0 atom stereocenters. The number of rotatable bonds is 2. The Bertz CT molecular complexity index is 1060. The Morgan fingerprint density at radius 2 is 1.82 bits per heavy atom. The van der Waals surface area contributed by atoms with Crippen LogP contribution in [-0.4, -0.2) is 47.0 Å². The molecule has 2 N–H and O–H groups in total. The Morgan fingerprint density at radius 3 is 2.52 bits per heavy atom. The summed E-state index contributed by atoms with van der Waals surface area (Å²) in [4.78, 5) is 22.2. The normalized spacial score (nSPS) is 18.0. The van der Waals surface area contributed by atoms with Crippen LogP contribution < -0.4 is 10.6 Å². The zero-order valence-electron chi connectivity index (χ0n) is 18.9. The summed E-state index contributed by atoms with van der Waals surface area (Å²) in [5.74, 6) is 0.537. The third-order valence-corrected chi connectivity index (χ3v) is 6.84. The number of halogens is 1. The van der Waals surface area contributed by atoms with Crippen LogP contribution in [0.1, 0.15) is 37.7 Å². The molecule has 0 radical (unpaired) electrons. The van der Waals surface area contributed by atoms with Gasteiger partial charge in [0.25, 0.3) is 0 Å². The maximum absolute atomic E-state index is 13.3. The number of carbonyl (C=O) groups excluding carboxylic acids is 1. The van der Waals surface area contributed by atoms with E-state index in [1.54, 1.807) is 12.1 Å². The number of hydrogen-bond acceptors (Lipinski definition) is 3. The van der Waals surface area contributed by atoms with Crippen LogP contribution in [0.25, 0.3) is 0 Å². The number of urea groups is 1. The molecule has 2 aromatic carbocycles. The van der Waals surface area contributed by atoms with Gasteiger partial charge in [0.15, 0.2) is 6.19 Å². The molecule has 0 aromatic heterocycles. The van der Waals surface area contributed by atoms with Crippen LogP contribution >= 0.6 is 11.6 Å². The molecular formula is C25H29ClN6O. The zero-order valence-corrected chi connectivity index (χ0v) is 19.6. The van der Waals surface area contributed by atoms with E-state index in [2.05, 4.69) is 15.5 Å². The minimum Gasteiger partial charge on any atom is -0.338 e. The minimum absolute atomic E-state index is 0.0930. The van der Waals surface area contributed by atoms with Gasteiger partial charge in [-0.3, -0.25) is 5.32 Å². The smallest absolute Gasteiger partial charge is 0.322 e. The van der Waals surface area contributed by atoms with E-state index in [4.69, 9.17) is 16.6 Å². The van der Waals surface area contributed by atoms with Gasteiger partial charge in [-0.1, -0.05) is 49.1 Å². The standard InChI is InChI=1S/C25H29ClN6O/c1-19-7-3-4-8-22(19)30-23(28-18-27)31-15-16-32(25(17-31)13-5-2-6-14-25)24(33)29-21-11-9-20(26)10-12-21/h3-4,7-12H,2,5-6,13-17H2,1H3,(H,28,30)(H,29,33). The van der Waals surface area contributed by atoms with E-state index < -0.39 is 0 Å². The number of aryl methyl sites for hydroxylation is 1. The molecule has 1 saturated carbocycles. The van der Waals surface area contributed by atoms with Gasteiger partial charge < -0.3 is 15.1 Å². The lowest BCUT2D eigenvalue weighted by molar-refractivity contribution is 0.0287. The van der Waals surface area contributed by atoms with Gasteiger partial charge in [0.05, 0.1) is 11.2 Å². The maximum atomic E-state index is 13.3. The fraction of sp³-hybridized carbons (Fsp3) is 0.400. The molecule has 2 aromatic rings. The molecule has 4 rings (SSSR count). The quantitative estimate of drug-likeness (QED) is 0.275. The molecule has 8 heteroatoms. The number of amides is 2. The third-order valence-electron chi connectivity index (χ3n) is 6.59. The van der Waals surface area contributed by atoms with Crippen LogP contribution in [0.3, 0.4) is 0 Å². The summed E-state index contributed by atoms with van der Waals surface area (Å²) in [7, 11) is 0. The molecule has 2 aliphatic rings. The topological polar surface area (TPSA) is 83.8 Å². The van der Waals surface area contributed by atoms with Crippen molar-refractivity contribution in [1.82, 2.24) is 15.1 Å². The van der Waals surface area contributed by atoms with E-state index in [0.717, 1.165) is 42.6 Å². The summed E-state index contributed by atoms with van der Waals surface area (Å²) in [6, 6.07) is 14.9. The van der Waals surface area contributed by atoms with Crippen LogP contribution in [0.15, 0.2) is 53.5 Å². The third kappa shape index (κ3) is 5.23. The van der Waals surface area contributed by atoms with Crippen LogP contribution in [-0.2, 0) is 0 Å². The molecule has 1 aliphatic heterocycles. The van der Waals surface area contributed by atoms with Crippen molar-refractivity contribution >= 4 is 35.0 Å². The van der Waals surface area contributed by atoms with Crippen molar-refractivity contribution in [2.24, 2.45) is 4.99 Å². The number of aliphatic imine (C=N–C) groups is 1. The molecule has 1 saturated heterocycles. The lowest BCUT2D eigenvalue weighted by atomic mass is 9.78. The average Bonchev–Trinajstić information content (AvgIpc) is 2.82. The van der Waals surface area contributed by atoms with E-state index in [9.17, 15) is 10.1 Å². The number of nitrogens with zero attached hydrogens (tertiary/aromatic N) is 4. The van der Waals surface area contributed by atoms with E-state index in [1.165, 1.54) is 6.42 Å². The number of hydrogen-bond donors (Lipinski definition) is 2. The Morgan fingerprint density at radius 1 is 1.09 bits per heavy atom. The highest BCUT2D eigenvalue weighted by Gasteiger charge is 2.45. The van der Waals surface area contributed by atoms with Crippen LogP contribution in [0, 0.1) is 18.4 Å². The van der Waals surface area contributed by atoms with Gasteiger partial charge in [-0.15, -0.1) is 0 Å². The van der Waals surface area contributed by atoms with E-state index in [-0.39, 0.29) is 11.6 Å². The highest BCUT2D eigenvalue weighted by molar-refractivity contribution is 6.30. The lowest BCUT2D eigenvalue weighted by Crippen LogP contribution is -2.67. The van der Waals surface area contributed by atoms with Crippen molar-refractivity contribution in [2.75, 3.05) is 25.0 Å². The lowest BCUT2D eigenvalue weighted by Gasteiger charge is -2.52. The van der Waals surface area contributed by atoms with Crippen molar-refractivity contribution in [3.8, 4) is 6.19 Å².